The van der Waals surface area contributed by atoms with Crippen LogP contribution in [0.25, 0.3) is 0 Å². The predicted molar refractivity (Wildman–Crippen MR) is 141 cm³/mol. The topological polar surface area (TPSA) is 9.72 Å². The van der Waals surface area contributed by atoms with Gasteiger partial charge < -0.3 is 14.7 Å². The van der Waals surface area contributed by atoms with E-state index in [0.29, 0.717) is 35.5 Å². The smallest absolute Gasteiger partial charge is 0.118 e. The van der Waals surface area contributed by atoms with Crippen LogP contribution in [0.1, 0.15) is 83.1 Å². The first-order valence-electron chi connectivity index (χ1n) is 12.7. The highest BCUT2D eigenvalue weighted by Gasteiger charge is 2.25. The Morgan fingerprint density at radius 3 is 0.833 bits per heavy atom. The molecule has 0 radical (unpaired) electrons. The summed E-state index contributed by atoms with van der Waals surface area (Å²) < 4.78 is 0. The Bertz CT molecular complexity index is 425. The molecule has 0 spiro atoms. The van der Waals surface area contributed by atoms with Crippen LogP contribution in [0, 0.1) is 35.5 Å². The zero-order chi connectivity index (χ0) is 23.6. The maximum absolute atomic E-state index is 2.75. The van der Waals surface area contributed by atoms with Gasteiger partial charge in [0.1, 0.15) is 5.82 Å². The lowest BCUT2D eigenvalue weighted by atomic mass is 10.1. The van der Waals surface area contributed by atoms with Gasteiger partial charge in [0.15, 0.2) is 0 Å². The highest BCUT2D eigenvalue weighted by atomic mass is 28.1. The molecule has 0 aliphatic rings. The Kier molecular flexibility index (Phi) is 14.1. The van der Waals surface area contributed by atoms with Crippen LogP contribution in [0.15, 0.2) is 11.1 Å². The molecule has 0 heterocycles. The van der Waals surface area contributed by atoms with Crippen molar-refractivity contribution in [3.8, 4) is 0 Å². The molecule has 0 rings (SSSR count). The fourth-order valence-electron chi connectivity index (χ4n) is 4.29. The number of nitrogens with zero attached hydrogens (tertiary/aromatic N) is 3. The van der Waals surface area contributed by atoms with Crippen LogP contribution in [0.5, 0.6) is 0 Å². The Hall–Kier alpha value is -0.643. The normalized spacial score (nSPS) is 12.2. The fourth-order valence-corrected chi connectivity index (χ4v) is 5.28. The van der Waals surface area contributed by atoms with Crippen molar-refractivity contribution in [1.82, 2.24) is 14.7 Å². The minimum absolute atomic E-state index is 0.664. The van der Waals surface area contributed by atoms with Crippen molar-refractivity contribution in [1.29, 1.82) is 0 Å². The number of rotatable bonds is 15. The van der Waals surface area contributed by atoms with Crippen molar-refractivity contribution in [2.75, 3.05) is 39.3 Å². The second kappa shape index (κ2) is 14.4. The lowest BCUT2D eigenvalue weighted by molar-refractivity contribution is 0.145. The molecule has 4 heteroatoms. The third-order valence-corrected chi connectivity index (χ3v) is 5.99. The van der Waals surface area contributed by atoms with Gasteiger partial charge in [0.05, 0.1) is 10.2 Å². The van der Waals surface area contributed by atoms with E-state index in [-0.39, 0.29) is 0 Å². The molecule has 3 nitrogen and oxygen atoms in total. The van der Waals surface area contributed by atoms with E-state index in [1.807, 2.05) is 0 Å². The minimum atomic E-state index is 0.664. The van der Waals surface area contributed by atoms with Crippen molar-refractivity contribution in [3.05, 3.63) is 11.1 Å². The standard InChI is InChI=1S/C26H57N3Si/c1-19(2)13-27(14-20(3)4)25(28(15-21(5)6)16-22(7)8)26(30)29(17-23(9)10)18-24(11)12/h19-24H,13-18H2,1-12,30H3. The van der Waals surface area contributed by atoms with Crippen molar-refractivity contribution in [2.45, 2.75) is 83.1 Å². The van der Waals surface area contributed by atoms with E-state index in [2.05, 4.69) is 97.8 Å². The molecule has 0 aromatic carbocycles. The lowest BCUT2D eigenvalue weighted by Crippen LogP contribution is -2.46. The summed E-state index contributed by atoms with van der Waals surface area (Å²) in [6.07, 6.45) is 0. The SMILES string of the molecule is CC(C)CN(CC(C)C)C([SiH3])=C(N(CC(C)C)CC(C)C)N(CC(C)C)CC(C)C. The van der Waals surface area contributed by atoms with Gasteiger partial charge in [-0.05, 0) is 35.5 Å². The first kappa shape index (κ1) is 29.4. The molecule has 0 bridgehead atoms. The summed E-state index contributed by atoms with van der Waals surface area (Å²) in [6, 6.07) is 0. The molecule has 0 unspecified atom stereocenters. The summed E-state index contributed by atoms with van der Waals surface area (Å²) in [6.45, 7) is 35.3. The van der Waals surface area contributed by atoms with Crippen LogP contribution < -0.4 is 0 Å². The summed E-state index contributed by atoms with van der Waals surface area (Å²) in [5, 5.41) is 1.61. The molecular weight excluding hydrogens is 382 g/mol. The van der Waals surface area contributed by atoms with Gasteiger partial charge in [0.2, 0.25) is 0 Å². The zero-order valence-corrected chi connectivity index (χ0v) is 25.0. The average Bonchev–Trinajstić information content (AvgIpc) is 2.50. The quantitative estimate of drug-likeness (QED) is 0.320. The molecule has 0 aliphatic heterocycles. The maximum atomic E-state index is 2.75. The fraction of sp³-hybridized carbons (Fsp3) is 0.923. The van der Waals surface area contributed by atoms with Crippen LogP contribution >= 0.6 is 0 Å². The third-order valence-electron chi connectivity index (χ3n) is 4.91. The summed E-state index contributed by atoms with van der Waals surface area (Å²) in [5.74, 6) is 5.57. The molecule has 0 N–H and O–H groups in total. The Balaban J connectivity index is 6.55. The van der Waals surface area contributed by atoms with Gasteiger partial charge in [-0.1, -0.05) is 83.1 Å². The Morgan fingerprint density at radius 1 is 0.433 bits per heavy atom. The molecule has 0 aromatic heterocycles. The molecule has 0 aromatic rings. The van der Waals surface area contributed by atoms with Gasteiger partial charge in [0.25, 0.3) is 0 Å². The van der Waals surface area contributed by atoms with Crippen molar-refractivity contribution in [3.63, 3.8) is 0 Å². The van der Waals surface area contributed by atoms with Gasteiger partial charge in [-0.25, -0.2) is 0 Å². The molecule has 0 saturated carbocycles. The molecule has 180 valence electrons. The van der Waals surface area contributed by atoms with Crippen LogP contribution in [0.2, 0.25) is 0 Å². The Morgan fingerprint density at radius 2 is 0.633 bits per heavy atom. The summed E-state index contributed by atoms with van der Waals surface area (Å²) in [7, 11) is 1.09. The summed E-state index contributed by atoms with van der Waals surface area (Å²) >= 11 is 0. The van der Waals surface area contributed by atoms with E-state index in [1.54, 1.807) is 11.1 Å². The summed E-state index contributed by atoms with van der Waals surface area (Å²) in [5.41, 5.74) is 0. The van der Waals surface area contributed by atoms with E-state index in [9.17, 15) is 0 Å². The van der Waals surface area contributed by atoms with Crippen molar-refractivity contribution in [2.24, 2.45) is 35.5 Å². The van der Waals surface area contributed by atoms with Crippen LogP contribution in [0.3, 0.4) is 0 Å². The molecular formula is C26H57N3Si. The first-order chi connectivity index (χ1) is 13.7. The molecule has 30 heavy (non-hydrogen) atoms. The van der Waals surface area contributed by atoms with Crippen molar-refractivity contribution < 1.29 is 0 Å². The maximum Gasteiger partial charge on any atom is 0.118 e. The molecule has 0 saturated heterocycles. The highest BCUT2D eigenvalue weighted by Crippen LogP contribution is 2.24. The monoisotopic (exact) mass is 439 g/mol. The van der Waals surface area contributed by atoms with Gasteiger partial charge in [-0.15, -0.1) is 0 Å². The van der Waals surface area contributed by atoms with E-state index >= 15 is 0 Å². The van der Waals surface area contributed by atoms with E-state index in [4.69, 9.17) is 0 Å². The highest BCUT2D eigenvalue weighted by molar-refractivity contribution is 6.21. The van der Waals surface area contributed by atoms with Gasteiger partial charge >= 0.3 is 0 Å². The zero-order valence-electron chi connectivity index (χ0n) is 23.0. The second-order valence-electron chi connectivity index (χ2n) is 12.0. The number of hydrogen-bond donors (Lipinski definition) is 0. The minimum Gasteiger partial charge on any atom is -0.376 e. The van der Waals surface area contributed by atoms with Crippen LogP contribution in [0.4, 0.5) is 0 Å². The largest absolute Gasteiger partial charge is 0.376 e. The summed E-state index contributed by atoms with van der Waals surface area (Å²) in [4.78, 5) is 8.23. The van der Waals surface area contributed by atoms with E-state index in [1.165, 1.54) is 0 Å². The lowest BCUT2D eigenvalue weighted by Gasteiger charge is -2.43. The van der Waals surface area contributed by atoms with E-state index < -0.39 is 0 Å². The molecule has 0 aliphatic carbocycles. The molecule has 0 fully saturated rings. The third kappa shape index (κ3) is 12.3. The van der Waals surface area contributed by atoms with Crippen LogP contribution in [-0.2, 0) is 0 Å². The second-order valence-corrected chi connectivity index (χ2v) is 12.9. The Labute approximate surface area is 194 Å². The van der Waals surface area contributed by atoms with Crippen LogP contribution in [-0.4, -0.2) is 64.2 Å². The van der Waals surface area contributed by atoms with Gasteiger partial charge in [-0.3, -0.25) is 0 Å². The molecule has 0 atom stereocenters. The van der Waals surface area contributed by atoms with E-state index in [0.717, 1.165) is 49.5 Å². The number of hydrogen-bond acceptors (Lipinski definition) is 3. The van der Waals surface area contributed by atoms with Crippen molar-refractivity contribution >= 4 is 10.2 Å². The average molecular weight is 440 g/mol. The van der Waals surface area contributed by atoms with Gasteiger partial charge in [0, 0.05) is 44.6 Å². The van der Waals surface area contributed by atoms with Gasteiger partial charge in [-0.2, -0.15) is 0 Å². The predicted octanol–water partition coefficient (Wildman–Crippen LogP) is 5.32. The first-order valence-corrected chi connectivity index (χ1v) is 13.7. The molecule has 0 amide bonds.